The summed E-state index contributed by atoms with van der Waals surface area (Å²) < 4.78 is 0.936. The molecule has 0 spiro atoms. The van der Waals surface area contributed by atoms with Gasteiger partial charge in [0.25, 0.3) is 0 Å². The average molecular weight is 291 g/mol. The number of rotatable bonds is 4. The van der Waals surface area contributed by atoms with Gasteiger partial charge in [0.15, 0.2) is 0 Å². The van der Waals surface area contributed by atoms with E-state index < -0.39 is 0 Å². The van der Waals surface area contributed by atoms with E-state index in [1.807, 2.05) is 18.2 Å². The summed E-state index contributed by atoms with van der Waals surface area (Å²) in [6.45, 7) is 6.67. The number of halogens is 2. The molecule has 0 aliphatic heterocycles. The van der Waals surface area contributed by atoms with Crippen LogP contribution in [0, 0.1) is 5.92 Å². The van der Waals surface area contributed by atoms with E-state index in [0.717, 1.165) is 15.2 Å². The van der Waals surface area contributed by atoms with Gasteiger partial charge in [-0.3, -0.25) is 0 Å². The lowest BCUT2D eigenvalue weighted by Gasteiger charge is -2.21. The smallest absolute Gasteiger partial charge is 0.0549 e. The largest absolute Gasteiger partial charge is 0.382 e. The molecule has 1 rings (SSSR count). The second-order valence-electron chi connectivity index (χ2n) is 3.95. The first kappa shape index (κ1) is 12.9. The van der Waals surface area contributed by atoms with Gasteiger partial charge in [0.2, 0.25) is 0 Å². The van der Waals surface area contributed by atoms with Crippen LogP contribution < -0.4 is 5.32 Å². The minimum absolute atomic E-state index is 0.475. The molecule has 0 saturated carbocycles. The van der Waals surface area contributed by atoms with Crippen LogP contribution in [0.15, 0.2) is 22.7 Å². The van der Waals surface area contributed by atoms with E-state index in [0.29, 0.717) is 12.0 Å². The van der Waals surface area contributed by atoms with E-state index in [-0.39, 0.29) is 0 Å². The summed E-state index contributed by atoms with van der Waals surface area (Å²) in [5.74, 6) is 0.666. The summed E-state index contributed by atoms with van der Waals surface area (Å²) >= 11 is 9.35. The first-order valence-electron chi connectivity index (χ1n) is 5.26. The van der Waals surface area contributed by atoms with Crippen molar-refractivity contribution in [2.45, 2.75) is 33.2 Å². The van der Waals surface area contributed by atoms with E-state index in [1.54, 1.807) is 0 Å². The molecule has 84 valence electrons. The lowest BCUT2D eigenvalue weighted by atomic mass is 10.0. The maximum atomic E-state index is 5.93. The molecular weight excluding hydrogens is 273 g/mol. The zero-order valence-electron chi connectivity index (χ0n) is 9.35. The zero-order valence-corrected chi connectivity index (χ0v) is 11.7. The summed E-state index contributed by atoms with van der Waals surface area (Å²) in [7, 11) is 0. The lowest BCUT2D eigenvalue weighted by Crippen LogP contribution is -2.23. The van der Waals surface area contributed by atoms with Crippen LogP contribution in [0.1, 0.15) is 27.2 Å². The Hall–Kier alpha value is -0.210. The van der Waals surface area contributed by atoms with Crippen LogP contribution in [0.4, 0.5) is 5.69 Å². The third-order valence-electron chi connectivity index (χ3n) is 2.81. The van der Waals surface area contributed by atoms with E-state index in [9.17, 15) is 0 Å². The Morgan fingerprint density at radius 2 is 2.07 bits per heavy atom. The molecule has 0 bridgehead atoms. The maximum absolute atomic E-state index is 5.93. The summed E-state index contributed by atoms with van der Waals surface area (Å²) in [5, 5.41) is 4.22. The summed E-state index contributed by atoms with van der Waals surface area (Å²) in [5.41, 5.74) is 1.11. The highest BCUT2D eigenvalue weighted by atomic mass is 79.9. The highest BCUT2D eigenvalue weighted by Crippen LogP contribution is 2.26. The Balaban J connectivity index is 2.68. The molecule has 0 aromatic heterocycles. The van der Waals surface area contributed by atoms with Gasteiger partial charge >= 0.3 is 0 Å². The molecule has 3 heteroatoms. The predicted octanol–water partition coefficient (Wildman–Crippen LogP) is 4.95. The topological polar surface area (TPSA) is 12.0 Å². The van der Waals surface area contributed by atoms with Gasteiger partial charge in [0.1, 0.15) is 0 Å². The zero-order chi connectivity index (χ0) is 11.4. The molecule has 1 nitrogen and oxygen atoms in total. The van der Waals surface area contributed by atoms with Gasteiger partial charge in [-0.25, -0.2) is 0 Å². The second kappa shape index (κ2) is 5.76. The van der Waals surface area contributed by atoms with Crippen molar-refractivity contribution >= 4 is 33.2 Å². The Kier molecular flexibility index (Phi) is 4.94. The van der Waals surface area contributed by atoms with E-state index in [1.165, 1.54) is 6.42 Å². The number of hydrogen-bond acceptors (Lipinski definition) is 1. The van der Waals surface area contributed by atoms with Crippen LogP contribution in [0.3, 0.4) is 0 Å². The van der Waals surface area contributed by atoms with Crippen molar-refractivity contribution in [2.24, 2.45) is 5.92 Å². The lowest BCUT2D eigenvalue weighted by molar-refractivity contribution is 0.494. The molecule has 0 aliphatic carbocycles. The normalized spacial score (nSPS) is 14.7. The van der Waals surface area contributed by atoms with Crippen molar-refractivity contribution in [2.75, 3.05) is 5.32 Å². The van der Waals surface area contributed by atoms with E-state index in [2.05, 4.69) is 42.0 Å². The standard InChI is InChI=1S/C12H17BrClN/c1-4-8(2)9(3)15-10-5-6-12(14)11(13)7-10/h5-9,15H,4H2,1-3H3. The first-order valence-corrected chi connectivity index (χ1v) is 6.43. The summed E-state index contributed by atoms with van der Waals surface area (Å²) in [6, 6.07) is 6.40. The molecule has 0 aliphatic rings. The Labute approximate surface area is 105 Å². The minimum Gasteiger partial charge on any atom is -0.382 e. The van der Waals surface area contributed by atoms with Crippen LogP contribution >= 0.6 is 27.5 Å². The molecule has 0 radical (unpaired) electrons. The second-order valence-corrected chi connectivity index (χ2v) is 5.21. The van der Waals surface area contributed by atoms with Gasteiger partial charge in [-0.1, -0.05) is 31.9 Å². The highest BCUT2D eigenvalue weighted by Gasteiger charge is 2.09. The number of anilines is 1. The van der Waals surface area contributed by atoms with E-state index >= 15 is 0 Å². The molecule has 1 N–H and O–H groups in total. The predicted molar refractivity (Wildman–Crippen MR) is 71.7 cm³/mol. The van der Waals surface area contributed by atoms with Gasteiger partial charge in [-0.2, -0.15) is 0 Å². The highest BCUT2D eigenvalue weighted by molar-refractivity contribution is 9.10. The van der Waals surface area contributed by atoms with Crippen molar-refractivity contribution in [3.8, 4) is 0 Å². The fourth-order valence-corrected chi connectivity index (χ4v) is 1.84. The van der Waals surface area contributed by atoms with Crippen LogP contribution in [-0.4, -0.2) is 6.04 Å². The monoisotopic (exact) mass is 289 g/mol. The molecule has 15 heavy (non-hydrogen) atoms. The Morgan fingerprint density at radius 1 is 1.40 bits per heavy atom. The average Bonchev–Trinajstić information content (AvgIpc) is 2.22. The van der Waals surface area contributed by atoms with Gasteiger partial charge in [0.05, 0.1) is 5.02 Å². The van der Waals surface area contributed by atoms with Crippen LogP contribution in [0.2, 0.25) is 5.02 Å². The molecule has 1 aromatic rings. The minimum atomic E-state index is 0.475. The van der Waals surface area contributed by atoms with Crippen LogP contribution in [0.25, 0.3) is 0 Å². The van der Waals surface area contributed by atoms with Crippen molar-refractivity contribution in [1.29, 1.82) is 0 Å². The van der Waals surface area contributed by atoms with Crippen LogP contribution in [-0.2, 0) is 0 Å². The quantitative estimate of drug-likeness (QED) is 0.827. The van der Waals surface area contributed by atoms with E-state index in [4.69, 9.17) is 11.6 Å². The number of nitrogens with one attached hydrogen (secondary N) is 1. The molecular formula is C12H17BrClN. The van der Waals surface area contributed by atoms with Crippen molar-refractivity contribution < 1.29 is 0 Å². The van der Waals surface area contributed by atoms with Gasteiger partial charge < -0.3 is 5.32 Å². The third kappa shape index (κ3) is 3.69. The maximum Gasteiger partial charge on any atom is 0.0549 e. The molecule has 0 saturated heterocycles. The van der Waals surface area contributed by atoms with Crippen molar-refractivity contribution in [3.05, 3.63) is 27.7 Å². The Bertz CT molecular complexity index is 327. The summed E-state index contributed by atoms with van der Waals surface area (Å²) in [4.78, 5) is 0. The van der Waals surface area contributed by atoms with Gasteiger partial charge in [-0.05, 0) is 47.0 Å². The number of hydrogen-bond donors (Lipinski definition) is 1. The SMILES string of the molecule is CCC(C)C(C)Nc1ccc(Cl)c(Br)c1. The molecule has 0 fully saturated rings. The van der Waals surface area contributed by atoms with Gasteiger partial charge in [-0.15, -0.1) is 0 Å². The summed E-state index contributed by atoms with van der Waals surface area (Å²) in [6.07, 6.45) is 1.18. The number of benzene rings is 1. The molecule has 1 aromatic carbocycles. The third-order valence-corrected chi connectivity index (χ3v) is 4.03. The molecule has 2 atom stereocenters. The van der Waals surface area contributed by atoms with Gasteiger partial charge in [0, 0.05) is 16.2 Å². The first-order chi connectivity index (χ1) is 7.04. The molecule has 0 amide bonds. The fourth-order valence-electron chi connectivity index (χ4n) is 1.34. The van der Waals surface area contributed by atoms with Crippen LogP contribution in [0.5, 0.6) is 0 Å². The molecule has 0 heterocycles. The Morgan fingerprint density at radius 3 is 2.60 bits per heavy atom. The van der Waals surface area contributed by atoms with Crippen molar-refractivity contribution in [1.82, 2.24) is 0 Å². The van der Waals surface area contributed by atoms with Crippen molar-refractivity contribution in [3.63, 3.8) is 0 Å². The molecule has 2 unspecified atom stereocenters. The fraction of sp³-hybridized carbons (Fsp3) is 0.500.